The molecule has 0 radical (unpaired) electrons. The highest BCUT2D eigenvalue weighted by atomic mass is 16.5. The summed E-state index contributed by atoms with van der Waals surface area (Å²) < 4.78 is 7.65. The van der Waals surface area contributed by atoms with E-state index in [0.717, 1.165) is 49.5 Å². The summed E-state index contributed by atoms with van der Waals surface area (Å²) >= 11 is 0. The van der Waals surface area contributed by atoms with Crippen LogP contribution in [0.2, 0.25) is 0 Å². The average Bonchev–Trinajstić information content (AvgIpc) is 3.08. The van der Waals surface area contributed by atoms with Gasteiger partial charge in [0.25, 0.3) is 5.91 Å². The van der Waals surface area contributed by atoms with Crippen LogP contribution >= 0.6 is 0 Å². The molecule has 1 aromatic carbocycles. The lowest BCUT2D eigenvalue weighted by Gasteiger charge is -2.23. The Morgan fingerprint density at radius 3 is 2.89 bits per heavy atom. The van der Waals surface area contributed by atoms with Crippen LogP contribution in [0.4, 0.5) is 0 Å². The number of carbonyl (C=O) groups excluding carboxylic acids is 1. The Bertz CT molecular complexity index is 783. The Kier molecular flexibility index (Phi) is 7.00. The summed E-state index contributed by atoms with van der Waals surface area (Å²) in [6, 6.07) is 8.10. The topological polar surface area (TPSA) is 84.3 Å². The minimum atomic E-state index is -0.198. The molecule has 0 bridgehead atoms. The molecule has 0 unspecified atom stereocenters. The number of hydrogen-bond acceptors (Lipinski definition) is 6. The first kappa shape index (κ1) is 20.3. The maximum Gasteiger partial charge on any atom is 0.274 e. The second-order valence-electron chi connectivity index (χ2n) is 7.43. The third kappa shape index (κ3) is 5.30. The largest absolute Gasteiger partial charge is 0.492 e. The second kappa shape index (κ2) is 9.66. The van der Waals surface area contributed by atoms with Gasteiger partial charge in [0.1, 0.15) is 12.4 Å². The van der Waals surface area contributed by atoms with Gasteiger partial charge in [0.05, 0.1) is 11.7 Å². The third-order valence-electron chi connectivity index (χ3n) is 4.96. The lowest BCUT2D eigenvalue weighted by molar-refractivity contribution is 0.0945. The molecule has 1 aliphatic heterocycles. The SMILES string of the molecule is Cc1c(C(=O)NCc2cccc(OCCN(C)C)c2)nnn1C1CCNCC1. The van der Waals surface area contributed by atoms with E-state index in [-0.39, 0.29) is 5.91 Å². The van der Waals surface area contributed by atoms with E-state index in [1.807, 2.05) is 50.0 Å². The Hall–Kier alpha value is -2.45. The lowest BCUT2D eigenvalue weighted by atomic mass is 10.1. The number of piperidine rings is 1. The van der Waals surface area contributed by atoms with Crippen molar-refractivity contribution in [3.63, 3.8) is 0 Å². The van der Waals surface area contributed by atoms with Crippen molar-refractivity contribution in [2.75, 3.05) is 40.3 Å². The molecule has 152 valence electrons. The first-order valence-corrected chi connectivity index (χ1v) is 9.82. The highest BCUT2D eigenvalue weighted by Crippen LogP contribution is 2.20. The van der Waals surface area contributed by atoms with E-state index >= 15 is 0 Å². The average molecular weight is 387 g/mol. The van der Waals surface area contributed by atoms with Crippen molar-refractivity contribution < 1.29 is 9.53 Å². The third-order valence-corrected chi connectivity index (χ3v) is 4.96. The number of carbonyl (C=O) groups is 1. The van der Waals surface area contributed by atoms with Crippen molar-refractivity contribution in [2.24, 2.45) is 0 Å². The highest BCUT2D eigenvalue weighted by molar-refractivity contribution is 5.93. The fourth-order valence-electron chi connectivity index (χ4n) is 3.31. The van der Waals surface area contributed by atoms with E-state index in [0.29, 0.717) is 24.9 Å². The van der Waals surface area contributed by atoms with E-state index in [1.165, 1.54) is 0 Å². The van der Waals surface area contributed by atoms with Gasteiger partial charge in [-0.15, -0.1) is 5.10 Å². The molecule has 28 heavy (non-hydrogen) atoms. The van der Waals surface area contributed by atoms with Gasteiger partial charge in [-0.25, -0.2) is 4.68 Å². The Balaban J connectivity index is 1.56. The van der Waals surface area contributed by atoms with E-state index in [1.54, 1.807) is 0 Å². The van der Waals surface area contributed by atoms with Crippen molar-refractivity contribution >= 4 is 5.91 Å². The Labute approximate surface area is 166 Å². The number of ether oxygens (including phenoxy) is 1. The summed E-state index contributed by atoms with van der Waals surface area (Å²) in [5.41, 5.74) is 2.21. The quantitative estimate of drug-likeness (QED) is 0.713. The summed E-state index contributed by atoms with van der Waals surface area (Å²) in [5.74, 6) is 0.609. The first-order valence-electron chi connectivity index (χ1n) is 9.82. The first-order chi connectivity index (χ1) is 13.5. The number of likely N-dealkylation sites (N-methyl/N-ethyl adjacent to an activating group) is 1. The van der Waals surface area contributed by atoms with Crippen LogP contribution in [0.3, 0.4) is 0 Å². The molecule has 1 aliphatic rings. The zero-order valence-electron chi connectivity index (χ0n) is 16.9. The molecule has 2 N–H and O–H groups in total. The van der Waals surface area contributed by atoms with Gasteiger partial charge in [-0.2, -0.15) is 0 Å². The van der Waals surface area contributed by atoms with Crippen LogP contribution in [0.5, 0.6) is 5.75 Å². The molecule has 3 rings (SSSR count). The number of nitrogens with zero attached hydrogens (tertiary/aromatic N) is 4. The van der Waals surface area contributed by atoms with E-state index in [2.05, 4.69) is 25.8 Å². The van der Waals surface area contributed by atoms with Crippen LogP contribution in [-0.2, 0) is 6.54 Å². The minimum Gasteiger partial charge on any atom is -0.492 e. The van der Waals surface area contributed by atoms with E-state index in [9.17, 15) is 4.79 Å². The number of amides is 1. The van der Waals surface area contributed by atoms with Gasteiger partial charge in [0.15, 0.2) is 5.69 Å². The molecule has 8 nitrogen and oxygen atoms in total. The summed E-state index contributed by atoms with van der Waals surface area (Å²) in [6.07, 6.45) is 2.01. The van der Waals surface area contributed by atoms with Gasteiger partial charge < -0.3 is 20.3 Å². The van der Waals surface area contributed by atoms with Crippen molar-refractivity contribution in [3.05, 3.63) is 41.2 Å². The number of nitrogens with one attached hydrogen (secondary N) is 2. The summed E-state index contributed by atoms with van der Waals surface area (Å²) in [5, 5.41) is 14.6. The van der Waals surface area contributed by atoms with Crippen molar-refractivity contribution in [1.29, 1.82) is 0 Å². The Morgan fingerprint density at radius 2 is 2.14 bits per heavy atom. The van der Waals surface area contributed by atoms with Crippen molar-refractivity contribution in [2.45, 2.75) is 32.4 Å². The van der Waals surface area contributed by atoms with Gasteiger partial charge in [0, 0.05) is 13.1 Å². The smallest absolute Gasteiger partial charge is 0.274 e. The molecule has 0 saturated carbocycles. The minimum absolute atomic E-state index is 0.198. The maximum absolute atomic E-state index is 12.6. The molecule has 0 atom stereocenters. The number of aromatic nitrogens is 3. The van der Waals surface area contributed by atoms with Crippen LogP contribution in [-0.4, -0.2) is 66.1 Å². The fourth-order valence-corrected chi connectivity index (χ4v) is 3.31. The van der Waals surface area contributed by atoms with Crippen molar-refractivity contribution in [1.82, 2.24) is 30.5 Å². The van der Waals surface area contributed by atoms with Gasteiger partial charge in [0.2, 0.25) is 0 Å². The van der Waals surface area contributed by atoms with Crippen molar-refractivity contribution in [3.8, 4) is 5.75 Å². The van der Waals surface area contributed by atoms with Gasteiger partial charge in [-0.05, 0) is 64.6 Å². The maximum atomic E-state index is 12.6. The molecular formula is C20H30N6O2. The highest BCUT2D eigenvalue weighted by Gasteiger charge is 2.22. The number of hydrogen-bond donors (Lipinski definition) is 2. The standard InChI is InChI=1S/C20H30N6O2/c1-15-19(23-24-26(15)17-7-9-21-10-8-17)20(27)22-14-16-5-4-6-18(13-16)28-12-11-25(2)3/h4-6,13,17,21H,7-12,14H2,1-3H3,(H,22,27). The van der Waals surface area contributed by atoms with Crippen LogP contribution < -0.4 is 15.4 Å². The second-order valence-corrected chi connectivity index (χ2v) is 7.43. The van der Waals surface area contributed by atoms with Gasteiger partial charge in [-0.3, -0.25) is 4.79 Å². The fraction of sp³-hybridized carbons (Fsp3) is 0.550. The van der Waals surface area contributed by atoms with E-state index < -0.39 is 0 Å². The zero-order valence-corrected chi connectivity index (χ0v) is 16.9. The molecule has 2 heterocycles. The molecule has 2 aromatic rings. The lowest BCUT2D eigenvalue weighted by Crippen LogP contribution is -2.30. The zero-order chi connectivity index (χ0) is 19.9. The molecule has 1 fully saturated rings. The predicted octanol–water partition coefficient (Wildman–Crippen LogP) is 1.38. The van der Waals surface area contributed by atoms with Gasteiger partial charge >= 0.3 is 0 Å². The molecular weight excluding hydrogens is 356 g/mol. The molecule has 0 spiro atoms. The van der Waals surface area contributed by atoms with Crippen LogP contribution in [0.1, 0.15) is 40.6 Å². The Morgan fingerprint density at radius 1 is 1.36 bits per heavy atom. The summed E-state index contributed by atoms with van der Waals surface area (Å²) in [6.45, 7) is 5.76. The van der Waals surface area contributed by atoms with Gasteiger partial charge in [-0.1, -0.05) is 17.3 Å². The molecule has 1 aromatic heterocycles. The summed E-state index contributed by atoms with van der Waals surface area (Å²) in [4.78, 5) is 14.7. The molecule has 1 saturated heterocycles. The molecule has 0 aliphatic carbocycles. The normalized spacial score (nSPS) is 15.0. The van der Waals surface area contributed by atoms with E-state index in [4.69, 9.17) is 4.74 Å². The monoisotopic (exact) mass is 386 g/mol. The van der Waals surface area contributed by atoms with Crippen LogP contribution in [0.25, 0.3) is 0 Å². The van der Waals surface area contributed by atoms with Crippen LogP contribution in [0.15, 0.2) is 24.3 Å². The predicted molar refractivity (Wildman–Crippen MR) is 108 cm³/mol. The molecule has 8 heteroatoms. The van der Waals surface area contributed by atoms with Crippen LogP contribution in [0, 0.1) is 6.92 Å². The number of rotatable bonds is 8. The summed E-state index contributed by atoms with van der Waals surface area (Å²) in [7, 11) is 4.03. The number of benzene rings is 1. The molecule has 1 amide bonds.